The number of nitrogens with zero attached hydrogens (tertiary/aromatic N) is 6. The second-order valence-electron chi connectivity index (χ2n) is 4.83. The molecular weight excluding hydrogens is 394 g/mol. The van der Waals surface area contributed by atoms with Crippen LogP contribution in [-0.4, -0.2) is 24.7 Å². The Morgan fingerprint density at radius 3 is 2.27 bits per heavy atom. The van der Waals surface area contributed by atoms with Crippen LogP contribution in [0.1, 0.15) is 17.0 Å². The largest absolute Gasteiger partial charge is 0.416 e. The number of aromatic amines is 1. The number of nitriles is 2. The van der Waals surface area contributed by atoms with Crippen LogP contribution in [0.5, 0.6) is 0 Å². The van der Waals surface area contributed by atoms with Gasteiger partial charge < -0.3 is 4.98 Å². The lowest BCUT2D eigenvalue weighted by Crippen LogP contribution is -2.07. The maximum Gasteiger partial charge on any atom is 0.416 e. The molecule has 0 aliphatic rings. The zero-order valence-electron chi connectivity index (χ0n) is 12.3. The molecule has 0 bridgehead atoms. The monoisotopic (exact) mass is 397 g/mol. The fourth-order valence-electron chi connectivity index (χ4n) is 2.07. The predicted molar refractivity (Wildman–Crippen MR) is 83.4 cm³/mol. The minimum Gasteiger partial charge on any atom is -0.326 e. The summed E-state index contributed by atoms with van der Waals surface area (Å²) in [5, 5.41) is 21.3. The van der Waals surface area contributed by atoms with E-state index in [0.29, 0.717) is 0 Å². The Morgan fingerprint density at radius 1 is 1.12 bits per heavy atom. The number of imidazole rings is 1. The smallest absolute Gasteiger partial charge is 0.326 e. The lowest BCUT2D eigenvalue weighted by molar-refractivity contribution is -0.137. The van der Waals surface area contributed by atoms with Crippen molar-refractivity contribution in [2.75, 3.05) is 0 Å². The fourth-order valence-corrected chi connectivity index (χ4v) is 2.73. The second kappa shape index (κ2) is 6.33. The highest BCUT2D eigenvalue weighted by molar-refractivity contribution is 6.37. The molecule has 0 radical (unpaired) electrons. The number of benzene rings is 1. The highest BCUT2D eigenvalue weighted by atomic mass is 35.5. The highest BCUT2D eigenvalue weighted by Gasteiger charge is 2.32. The van der Waals surface area contributed by atoms with E-state index >= 15 is 0 Å². The van der Waals surface area contributed by atoms with Crippen molar-refractivity contribution in [3.05, 3.63) is 45.5 Å². The lowest BCUT2D eigenvalue weighted by atomic mass is 10.2. The van der Waals surface area contributed by atoms with Crippen molar-refractivity contribution in [3.8, 4) is 29.5 Å². The summed E-state index contributed by atoms with van der Waals surface area (Å²) in [5.41, 5.74) is -1.21. The van der Waals surface area contributed by atoms with Crippen molar-refractivity contribution >= 4 is 23.2 Å². The molecule has 7 nitrogen and oxygen atoms in total. The average Bonchev–Trinajstić information content (AvgIpc) is 3.19. The first kappa shape index (κ1) is 17.7. The summed E-state index contributed by atoms with van der Waals surface area (Å²) < 4.78 is 39.5. The van der Waals surface area contributed by atoms with Crippen molar-refractivity contribution < 1.29 is 13.2 Å². The van der Waals surface area contributed by atoms with Crippen molar-refractivity contribution in [3.63, 3.8) is 0 Å². The number of rotatable bonds is 2. The quantitative estimate of drug-likeness (QED) is 0.708. The van der Waals surface area contributed by atoms with Gasteiger partial charge in [0.05, 0.1) is 15.6 Å². The summed E-state index contributed by atoms with van der Waals surface area (Å²) in [6.45, 7) is 0. The maximum absolute atomic E-state index is 12.8. The van der Waals surface area contributed by atoms with Crippen LogP contribution in [0.15, 0.2) is 18.5 Å². The van der Waals surface area contributed by atoms with Crippen LogP contribution >= 0.6 is 23.2 Å². The van der Waals surface area contributed by atoms with E-state index in [1.165, 1.54) is 0 Å². The second-order valence-corrected chi connectivity index (χ2v) is 5.65. The highest BCUT2D eigenvalue weighted by Crippen LogP contribution is 2.37. The van der Waals surface area contributed by atoms with Crippen LogP contribution in [0, 0.1) is 22.7 Å². The third kappa shape index (κ3) is 3.08. The SMILES string of the molecule is N#Cc1nc(-c2ncn(-c3c(Cl)cc(C(F)(F)F)cc3Cl)n2)[nH]c1C#N. The van der Waals surface area contributed by atoms with Gasteiger partial charge in [-0.25, -0.2) is 14.6 Å². The van der Waals surface area contributed by atoms with Gasteiger partial charge in [0.2, 0.25) is 5.82 Å². The zero-order valence-corrected chi connectivity index (χ0v) is 13.8. The van der Waals surface area contributed by atoms with Gasteiger partial charge in [0.15, 0.2) is 17.2 Å². The van der Waals surface area contributed by atoms with Crippen LogP contribution in [-0.2, 0) is 6.18 Å². The number of H-pyrrole nitrogens is 1. The summed E-state index contributed by atoms with van der Waals surface area (Å²) in [6, 6.07) is 4.94. The van der Waals surface area contributed by atoms with E-state index in [1.807, 2.05) is 0 Å². The first-order valence-electron chi connectivity index (χ1n) is 6.63. The minimum absolute atomic E-state index is 0.00460. The number of halogens is 5. The third-order valence-electron chi connectivity index (χ3n) is 3.20. The van der Waals surface area contributed by atoms with Crippen molar-refractivity contribution in [2.24, 2.45) is 0 Å². The molecule has 130 valence electrons. The summed E-state index contributed by atoms with van der Waals surface area (Å²) in [4.78, 5) is 10.4. The molecule has 0 spiro atoms. The molecule has 1 aromatic carbocycles. The minimum atomic E-state index is -4.60. The molecular formula is C14H4Cl2F3N7. The van der Waals surface area contributed by atoms with Crippen LogP contribution in [0.4, 0.5) is 13.2 Å². The molecule has 26 heavy (non-hydrogen) atoms. The van der Waals surface area contributed by atoms with E-state index in [4.69, 9.17) is 33.7 Å². The zero-order chi connectivity index (χ0) is 19.1. The predicted octanol–water partition coefficient (Wildman–Crippen LogP) is 3.73. The molecule has 0 saturated heterocycles. The molecule has 3 rings (SSSR count). The first-order chi connectivity index (χ1) is 12.2. The summed E-state index contributed by atoms with van der Waals surface area (Å²) in [5.74, 6) is 0.0334. The number of hydrogen-bond donors (Lipinski definition) is 1. The van der Waals surface area contributed by atoms with Gasteiger partial charge in [0, 0.05) is 0 Å². The van der Waals surface area contributed by atoms with Gasteiger partial charge in [0.1, 0.15) is 24.2 Å². The molecule has 2 heterocycles. The van der Waals surface area contributed by atoms with Gasteiger partial charge in [-0.2, -0.15) is 23.7 Å². The number of alkyl halides is 3. The summed E-state index contributed by atoms with van der Waals surface area (Å²) in [7, 11) is 0. The van der Waals surface area contributed by atoms with Gasteiger partial charge >= 0.3 is 6.18 Å². The lowest BCUT2D eigenvalue weighted by Gasteiger charge is -2.11. The van der Waals surface area contributed by atoms with Crippen molar-refractivity contribution in [1.29, 1.82) is 10.5 Å². The van der Waals surface area contributed by atoms with E-state index in [2.05, 4.69) is 20.1 Å². The molecule has 2 aromatic heterocycles. The third-order valence-corrected chi connectivity index (χ3v) is 3.77. The Morgan fingerprint density at radius 2 is 1.77 bits per heavy atom. The molecule has 12 heteroatoms. The van der Waals surface area contributed by atoms with Gasteiger partial charge in [-0.05, 0) is 12.1 Å². The van der Waals surface area contributed by atoms with Gasteiger partial charge in [-0.15, -0.1) is 5.10 Å². The number of hydrogen-bond acceptors (Lipinski definition) is 5. The molecule has 0 saturated carbocycles. The Hall–Kier alpha value is -3.08. The van der Waals surface area contributed by atoms with E-state index in [-0.39, 0.29) is 38.8 Å². The Labute approximate surface area is 153 Å². The molecule has 0 aliphatic heterocycles. The molecule has 3 aromatic rings. The van der Waals surface area contributed by atoms with Crippen LogP contribution in [0.3, 0.4) is 0 Å². The summed E-state index contributed by atoms with van der Waals surface area (Å²) in [6.07, 6.45) is -3.44. The van der Waals surface area contributed by atoms with E-state index in [1.54, 1.807) is 12.1 Å². The van der Waals surface area contributed by atoms with Gasteiger partial charge in [-0.1, -0.05) is 23.2 Å². The fraction of sp³-hybridized carbons (Fsp3) is 0.0714. The maximum atomic E-state index is 12.8. The standard InChI is InChI=1S/C14H4Cl2F3N7/c15-7-1-6(14(17,18)19)2-8(16)11(7)26-5-22-12(25-26)13-23-9(3-20)10(4-21)24-13/h1-2,5H,(H,23,24). The molecule has 0 unspecified atom stereocenters. The van der Waals surface area contributed by atoms with E-state index in [9.17, 15) is 13.2 Å². The van der Waals surface area contributed by atoms with Gasteiger partial charge in [-0.3, -0.25) is 0 Å². The molecule has 0 amide bonds. The normalized spacial score (nSPS) is 11.2. The molecule has 0 fully saturated rings. The Kier molecular flexibility index (Phi) is 4.32. The summed E-state index contributed by atoms with van der Waals surface area (Å²) >= 11 is 11.8. The van der Waals surface area contributed by atoms with Crippen LogP contribution < -0.4 is 0 Å². The van der Waals surface area contributed by atoms with Crippen LogP contribution in [0.2, 0.25) is 10.0 Å². The molecule has 1 N–H and O–H groups in total. The number of nitrogens with one attached hydrogen (secondary N) is 1. The molecule has 0 aliphatic carbocycles. The topological polar surface area (TPSA) is 107 Å². The van der Waals surface area contributed by atoms with Crippen molar-refractivity contribution in [2.45, 2.75) is 6.18 Å². The van der Waals surface area contributed by atoms with Crippen LogP contribution in [0.25, 0.3) is 17.3 Å². The Bertz CT molecular complexity index is 1030. The van der Waals surface area contributed by atoms with Crippen molar-refractivity contribution in [1.82, 2.24) is 24.7 Å². The van der Waals surface area contributed by atoms with E-state index < -0.39 is 11.7 Å². The first-order valence-corrected chi connectivity index (χ1v) is 7.39. The Balaban J connectivity index is 2.05. The number of aromatic nitrogens is 5. The van der Waals surface area contributed by atoms with Gasteiger partial charge in [0.25, 0.3) is 0 Å². The average molecular weight is 398 g/mol. The van der Waals surface area contributed by atoms with E-state index in [0.717, 1.165) is 23.1 Å². The molecule has 0 atom stereocenters.